The molecule has 3 rings (SSSR count). The highest BCUT2D eigenvalue weighted by Crippen LogP contribution is 2.29. The lowest BCUT2D eigenvalue weighted by molar-refractivity contribution is 0.0989. The number of ketones is 1. The third-order valence-corrected chi connectivity index (χ3v) is 2.96. The number of fused-ring (bicyclic) bond motifs is 2. The van der Waals surface area contributed by atoms with Crippen molar-refractivity contribution >= 4 is 27.7 Å². The number of rotatable bonds is 1. The number of furan rings is 1. The molecule has 4 heteroatoms. The molecule has 2 heterocycles. The van der Waals surface area contributed by atoms with E-state index in [4.69, 9.17) is 8.83 Å². The van der Waals surface area contributed by atoms with Gasteiger partial charge in [-0.2, -0.15) is 0 Å². The van der Waals surface area contributed by atoms with Crippen LogP contribution in [-0.4, -0.2) is 5.78 Å². The van der Waals surface area contributed by atoms with Crippen molar-refractivity contribution < 1.29 is 13.6 Å². The van der Waals surface area contributed by atoms with Gasteiger partial charge in [-0.25, -0.2) is 4.79 Å². The summed E-state index contributed by atoms with van der Waals surface area (Å²) in [7, 11) is 0. The molecule has 0 aliphatic carbocycles. The van der Waals surface area contributed by atoms with Crippen LogP contribution in [0.4, 0.5) is 0 Å². The van der Waals surface area contributed by atoms with Crippen molar-refractivity contribution in [3.8, 4) is 0 Å². The molecule has 1 aromatic carbocycles. The van der Waals surface area contributed by atoms with Gasteiger partial charge >= 0.3 is 5.63 Å². The normalized spacial score (nSPS) is 11.2. The van der Waals surface area contributed by atoms with Crippen molar-refractivity contribution in [2.45, 2.75) is 13.8 Å². The smallest absolute Gasteiger partial charge is 0.336 e. The van der Waals surface area contributed by atoms with E-state index in [1.54, 1.807) is 19.1 Å². The minimum Gasteiger partial charge on any atom is -0.453 e. The Balaban J connectivity index is 2.48. The topological polar surface area (TPSA) is 60.4 Å². The van der Waals surface area contributed by atoms with E-state index in [-0.39, 0.29) is 5.78 Å². The van der Waals surface area contributed by atoms with Gasteiger partial charge < -0.3 is 8.83 Å². The van der Waals surface area contributed by atoms with Crippen LogP contribution in [0.15, 0.2) is 37.9 Å². The summed E-state index contributed by atoms with van der Waals surface area (Å²) < 4.78 is 10.7. The first-order valence-electron chi connectivity index (χ1n) is 5.54. The van der Waals surface area contributed by atoms with Gasteiger partial charge in [-0.1, -0.05) is 0 Å². The van der Waals surface area contributed by atoms with Crippen LogP contribution in [-0.2, 0) is 0 Å². The average molecular weight is 242 g/mol. The second kappa shape index (κ2) is 3.57. The molecule has 0 amide bonds. The van der Waals surface area contributed by atoms with Crippen LogP contribution in [0, 0.1) is 6.92 Å². The molecule has 0 radical (unpaired) electrons. The summed E-state index contributed by atoms with van der Waals surface area (Å²) in [5, 5.41) is 1.65. The Labute approximate surface area is 102 Å². The predicted octanol–water partition coefficient (Wildman–Crippen LogP) is 3.05. The second-order valence-electron chi connectivity index (χ2n) is 4.26. The SMILES string of the molecule is CC(=O)c1cc2cc3ccc(=O)oc3c(C)c2o1. The minimum atomic E-state index is -0.400. The highest BCUT2D eigenvalue weighted by Gasteiger charge is 2.13. The molecular weight excluding hydrogens is 232 g/mol. The summed E-state index contributed by atoms with van der Waals surface area (Å²) in [5.41, 5.74) is 1.41. The van der Waals surface area contributed by atoms with Gasteiger partial charge in [0, 0.05) is 29.3 Å². The summed E-state index contributed by atoms with van der Waals surface area (Å²) in [5.74, 6) is 0.182. The Morgan fingerprint density at radius 2 is 1.78 bits per heavy atom. The predicted molar refractivity (Wildman–Crippen MR) is 67.0 cm³/mol. The van der Waals surface area contributed by atoms with Gasteiger partial charge in [0.1, 0.15) is 11.2 Å². The molecule has 0 unspecified atom stereocenters. The molecule has 4 nitrogen and oxygen atoms in total. The van der Waals surface area contributed by atoms with Crippen molar-refractivity contribution in [1.82, 2.24) is 0 Å². The molecule has 0 saturated carbocycles. The van der Waals surface area contributed by atoms with Crippen LogP contribution in [0.2, 0.25) is 0 Å². The molecule has 0 spiro atoms. The number of hydrogen-bond donors (Lipinski definition) is 0. The van der Waals surface area contributed by atoms with E-state index in [1.165, 1.54) is 13.0 Å². The molecule has 2 aromatic heterocycles. The fourth-order valence-corrected chi connectivity index (χ4v) is 2.08. The van der Waals surface area contributed by atoms with Gasteiger partial charge in [0.2, 0.25) is 0 Å². The van der Waals surface area contributed by atoms with Crippen LogP contribution in [0.5, 0.6) is 0 Å². The summed E-state index contributed by atoms with van der Waals surface area (Å²) in [6, 6.07) is 6.62. The highest BCUT2D eigenvalue weighted by molar-refractivity contribution is 6.01. The van der Waals surface area contributed by atoms with Crippen LogP contribution in [0.1, 0.15) is 23.0 Å². The Morgan fingerprint density at radius 3 is 2.50 bits per heavy atom. The maximum Gasteiger partial charge on any atom is 0.336 e. The van der Waals surface area contributed by atoms with E-state index >= 15 is 0 Å². The molecule has 18 heavy (non-hydrogen) atoms. The molecule has 0 atom stereocenters. The van der Waals surface area contributed by atoms with Crippen molar-refractivity contribution in [2.24, 2.45) is 0 Å². The highest BCUT2D eigenvalue weighted by atomic mass is 16.4. The van der Waals surface area contributed by atoms with Gasteiger partial charge in [-0.3, -0.25) is 4.79 Å². The largest absolute Gasteiger partial charge is 0.453 e. The van der Waals surface area contributed by atoms with E-state index in [2.05, 4.69) is 0 Å². The number of hydrogen-bond acceptors (Lipinski definition) is 4. The Kier molecular flexibility index (Phi) is 2.13. The number of Topliss-reactive ketones (excluding diaryl/α,β-unsaturated/α-hetero) is 1. The number of aryl methyl sites for hydroxylation is 1. The van der Waals surface area contributed by atoms with E-state index in [1.807, 2.05) is 6.07 Å². The van der Waals surface area contributed by atoms with E-state index < -0.39 is 5.63 Å². The Morgan fingerprint density at radius 1 is 1.06 bits per heavy atom. The monoisotopic (exact) mass is 242 g/mol. The maximum atomic E-state index is 11.3. The third-order valence-electron chi connectivity index (χ3n) is 2.96. The van der Waals surface area contributed by atoms with Crippen LogP contribution < -0.4 is 5.63 Å². The molecule has 0 saturated heterocycles. The molecule has 90 valence electrons. The van der Waals surface area contributed by atoms with Gasteiger partial charge in [0.15, 0.2) is 11.5 Å². The molecular formula is C14H10O4. The summed E-state index contributed by atoms with van der Waals surface area (Å²) in [4.78, 5) is 22.5. The lowest BCUT2D eigenvalue weighted by atomic mass is 10.1. The minimum absolute atomic E-state index is 0.129. The number of carbonyl (C=O) groups is 1. The summed E-state index contributed by atoms with van der Waals surface area (Å²) in [6.07, 6.45) is 0. The van der Waals surface area contributed by atoms with Gasteiger partial charge in [-0.15, -0.1) is 0 Å². The van der Waals surface area contributed by atoms with Crippen LogP contribution >= 0.6 is 0 Å². The first-order valence-corrected chi connectivity index (χ1v) is 5.54. The molecule has 3 aromatic rings. The number of benzene rings is 1. The zero-order valence-corrected chi connectivity index (χ0v) is 9.94. The fourth-order valence-electron chi connectivity index (χ4n) is 2.08. The maximum absolute atomic E-state index is 11.3. The first-order chi connectivity index (χ1) is 8.56. The van der Waals surface area contributed by atoms with Crippen molar-refractivity contribution in [1.29, 1.82) is 0 Å². The lowest BCUT2D eigenvalue weighted by Crippen LogP contribution is -1.95. The van der Waals surface area contributed by atoms with E-state index in [9.17, 15) is 9.59 Å². The van der Waals surface area contributed by atoms with E-state index in [0.717, 1.165) is 16.3 Å². The van der Waals surface area contributed by atoms with Crippen LogP contribution in [0.3, 0.4) is 0 Å². The Bertz CT molecular complexity index is 836. The molecule has 0 aliphatic rings. The zero-order valence-electron chi connectivity index (χ0n) is 9.94. The first kappa shape index (κ1) is 10.8. The quantitative estimate of drug-likeness (QED) is 0.486. The van der Waals surface area contributed by atoms with Crippen molar-refractivity contribution in [2.75, 3.05) is 0 Å². The molecule has 0 bridgehead atoms. The third kappa shape index (κ3) is 1.46. The van der Waals surface area contributed by atoms with Crippen molar-refractivity contribution in [3.63, 3.8) is 0 Å². The fraction of sp³-hybridized carbons (Fsp3) is 0.143. The molecule has 0 fully saturated rings. The van der Waals surface area contributed by atoms with E-state index in [0.29, 0.717) is 16.9 Å². The second-order valence-corrected chi connectivity index (χ2v) is 4.26. The average Bonchev–Trinajstić information content (AvgIpc) is 2.75. The summed E-state index contributed by atoms with van der Waals surface area (Å²) >= 11 is 0. The Hall–Kier alpha value is -2.36. The van der Waals surface area contributed by atoms with Crippen LogP contribution in [0.25, 0.3) is 21.9 Å². The van der Waals surface area contributed by atoms with Gasteiger partial charge in [0.25, 0.3) is 0 Å². The van der Waals surface area contributed by atoms with Gasteiger partial charge in [-0.05, 0) is 25.1 Å². The van der Waals surface area contributed by atoms with Gasteiger partial charge in [0.05, 0.1) is 0 Å². The standard InChI is InChI=1S/C14H10O4/c1-7-13-9(3-4-12(16)18-13)5-10-6-11(8(2)15)17-14(7)10/h3-6H,1-2H3. The zero-order chi connectivity index (χ0) is 12.9. The molecule has 0 aliphatic heterocycles. The summed E-state index contributed by atoms with van der Waals surface area (Å²) in [6.45, 7) is 3.26. The number of carbonyl (C=O) groups excluding carboxylic acids is 1. The molecule has 0 N–H and O–H groups in total. The lowest BCUT2D eigenvalue weighted by Gasteiger charge is -2.00. The van der Waals surface area contributed by atoms with Crippen molar-refractivity contribution in [3.05, 3.63) is 46.0 Å².